The second-order valence-electron chi connectivity index (χ2n) is 11.2. The highest BCUT2D eigenvalue weighted by atomic mass is 32.1. The number of carboxylic acids is 2. The number of alkyl halides is 3. The van der Waals surface area contributed by atoms with Crippen LogP contribution in [0.1, 0.15) is 77.3 Å². The molecule has 1 aliphatic carbocycles. The zero-order valence-electron chi connectivity index (χ0n) is 21.7. The van der Waals surface area contributed by atoms with Crippen molar-refractivity contribution in [1.29, 1.82) is 0 Å². The second-order valence-corrected chi connectivity index (χ2v) is 12.0. The number of nitrogens with zero attached hydrogens (tertiary/aromatic N) is 2. The third-order valence-corrected chi connectivity index (χ3v) is 8.44. The van der Waals surface area contributed by atoms with E-state index in [0.717, 1.165) is 43.2 Å². The van der Waals surface area contributed by atoms with Gasteiger partial charge in [0, 0.05) is 30.5 Å². The standard InChI is InChI=1S/C25H34N2O2S.C2HF3O2/c1-24(2)11-12-25(3,4)20-15-18(6-7-19(20)24)21-16-30-23(26-21)27-13-9-17(10-14-27)5-8-22(28)29;3-2(4,5)1(6)7/h6-7,15-17H,5,8-14H2,1-4H3,(H,28,29);(H,6,7). The average Bonchev–Trinajstić information content (AvgIpc) is 3.31. The number of piperidine rings is 1. The van der Waals surface area contributed by atoms with Gasteiger partial charge in [-0.15, -0.1) is 11.3 Å². The predicted octanol–water partition coefficient (Wildman–Crippen LogP) is 6.87. The van der Waals surface area contributed by atoms with Gasteiger partial charge in [-0.1, -0.05) is 39.8 Å². The zero-order chi connectivity index (χ0) is 27.6. The predicted molar refractivity (Wildman–Crippen MR) is 138 cm³/mol. The molecule has 2 N–H and O–H groups in total. The molecule has 0 spiro atoms. The maximum absolute atomic E-state index is 10.8. The summed E-state index contributed by atoms with van der Waals surface area (Å²) in [6.45, 7) is 11.4. The number of aromatic nitrogens is 1. The molecule has 1 aromatic heterocycles. The van der Waals surface area contributed by atoms with Crippen molar-refractivity contribution in [2.24, 2.45) is 5.92 Å². The van der Waals surface area contributed by atoms with Crippen LogP contribution in [0.2, 0.25) is 0 Å². The van der Waals surface area contributed by atoms with Crippen molar-refractivity contribution in [2.75, 3.05) is 18.0 Å². The van der Waals surface area contributed by atoms with Gasteiger partial charge in [-0.2, -0.15) is 13.2 Å². The fourth-order valence-electron chi connectivity index (χ4n) is 5.03. The van der Waals surface area contributed by atoms with Crippen molar-refractivity contribution in [2.45, 2.75) is 83.2 Å². The van der Waals surface area contributed by atoms with E-state index >= 15 is 0 Å². The number of hydrogen-bond acceptors (Lipinski definition) is 5. The van der Waals surface area contributed by atoms with E-state index in [2.05, 4.69) is 56.2 Å². The van der Waals surface area contributed by atoms with Gasteiger partial charge in [0.25, 0.3) is 0 Å². The maximum atomic E-state index is 10.8. The van der Waals surface area contributed by atoms with Gasteiger partial charge in [0.1, 0.15) is 0 Å². The number of aliphatic carboxylic acids is 2. The SMILES string of the molecule is CC1(C)CCC(C)(C)c2cc(-c3csc(N4CCC(CCC(=O)O)CC4)n3)ccc21.O=C(O)C(F)(F)F. The molecule has 0 amide bonds. The summed E-state index contributed by atoms with van der Waals surface area (Å²) in [5, 5.41) is 19.3. The van der Waals surface area contributed by atoms with Crippen LogP contribution in [0.15, 0.2) is 23.6 Å². The Morgan fingerprint density at radius 2 is 1.62 bits per heavy atom. The first-order valence-corrected chi connectivity index (χ1v) is 13.4. The molecule has 2 heterocycles. The van der Waals surface area contributed by atoms with Crippen LogP contribution in [0.4, 0.5) is 18.3 Å². The van der Waals surface area contributed by atoms with Gasteiger partial charge in [-0.3, -0.25) is 4.79 Å². The second kappa shape index (κ2) is 11.0. The van der Waals surface area contributed by atoms with E-state index in [1.165, 1.54) is 29.5 Å². The summed E-state index contributed by atoms with van der Waals surface area (Å²) in [6, 6.07) is 6.96. The monoisotopic (exact) mass is 540 g/mol. The summed E-state index contributed by atoms with van der Waals surface area (Å²) in [5.74, 6) is -2.91. The topological polar surface area (TPSA) is 90.7 Å². The number of halogens is 3. The first-order chi connectivity index (χ1) is 17.1. The van der Waals surface area contributed by atoms with Crippen molar-refractivity contribution in [3.63, 3.8) is 0 Å². The molecule has 10 heteroatoms. The number of thiazole rings is 1. The van der Waals surface area contributed by atoms with E-state index in [0.29, 0.717) is 5.92 Å². The Kier molecular flexibility index (Phi) is 8.61. The summed E-state index contributed by atoms with van der Waals surface area (Å²) >= 11 is 1.73. The number of carbonyl (C=O) groups is 2. The number of rotatable bonds is 5. The quantitative estimate of drug-likeness (QED) is 0.430. The Morgan fingerprint density at radius 3 is 2.16 bits per heavy atom. The lowest BCUT2D eigenvalue weighted by Crippen LogP contribution is -2.34. The van der Waals surface area contributed by atoms with Gasteiger partial charge in [-0.25, -0.2) is 9.78 Å². The highest BCUT2D eigenvalue weighted by Crippen LogP contribution is 2.47. The molecule has 0 atom stereocenters. The summed E-state index contributed by atoms with van der Waals surface area (Å²) in [5.41, 5.74) is 5.70. The Morgan fingerprint density at radius 1 is 1.05 bits per heavy atom. The molecule has 37 heavy (non-hydrogen) atoms. The highest BCUT2D eigenvalue weighted by Gasteiger charge is 2.38. The minimum absolute atomic E-state index is 0.206. The first kappa shape index (κ1) is 28.9. The van der Waals surface area contributed by atoms with Gasteiger partial charge >= 0.3 is 18.1 Å². The number of hydrogen-bond donors (Lipinski definition) is 2. The summed E-state index contributed by atoms with van der Waals surface area (Å²) in [4.78, 5) is 27.1. The van der Waals surface area contributed by atoms with E-state index < -0.39 is 18.1 Å². The lowest BCUT2D eigenvalue weighted by molar-refractivity contribution is -0.192. The van der Waals surface area contributed by atoms with E-state index in [1.54, 1.807) is 11.3 Å². The Hall–Kier alpha value is -2.62. The fourth-order valence-corrected chi connectivity index (χ4v) is 5.92. The van der Waals surface area contributed by atoms with Crippen molar-refractivity contribution in [3.8, 4) is 11.3 Å². The van der Waals surface area contributed by atoms with E-state index in [9.17, 15) is 18.0 Å². The molecular weight excluding hydrogens is 505 g/mol. The molecule has 1 aliphatic heterocycles. The Bertz CT molecular complexity index is 1120. The van der Waals surface area contributed by atoms with Gasteiger partial charge in [0.15, 0.2) is 5.13 Å². The van der Waals surface area contributed by atoms with Gasteiger partial charge in [0.2, 0.25) is 0 Å². The highest BCUT2D eigenvalue weighted by molar-refractivity contribution is 7.14. The van der Waals surface area contributed by atoms with E-state index in [4.69, 9.17) is 20.0 Å². The summed E-state index contributed by atoms with van der Waals surface area (Å²) < 4.78 is 31.7. The number of benzene rings is 1. The molecule has 2 aliphatic rings. The van der Waals surface area contributed by atoms with Crippen LogP contribution in [0, 0.1) is 5.92 Å². The largest absolute Gasteiger partial charge is 0.490 e. The zero-order valence-corrected chi connectivity index (χ0v) is 22.5. The van der Waals surface area contributed by atoms with Crippen LogP contribution in [-0.2, 0) is 20.4 Å². The van der Waals surface area contributed by atoms with Crippen molar-refractivity contribution >= 4 is 28.4 Å². The Balaban J connectivity index is 0.000000479. The van der Waals surface area contributed by atoms with Crippen LogP contribution in [0.5, 0.6) is 0 Å². The molecule has 0 unspecified atom stereocenters. The molecule has 0 radical (unpaired) electrons. The molecule has 2 aromatic rings. The van der Waals surface area contributed by atoms with Crippen LogP contribution in [0.25, 0.3) is 11.3 Å². The van der Waals surface area contributed by atoms with Gasteiger partial charge < -0.3 is 15.1 Å². The van der Waals surface area contributed by atoms with Gasteiger partial charge in [0.05, 0.1) is 5.69 Å². The smallest absolute Gasteiger partial charge is 0.481 e. The van der Waals surface area contributed by atoms with Gasteiger partial charge in [-0.05, 0) is 66.0 Å². The number of carboxylic acid groups (broad SMARTS) is 2. The van der Waals surface area contributed by atoms with Crippen LogP contribution in [-0.4, -0.2) is 46.4 Å². The molecule has 1 fully saturated rings. The van der Waals surface area contributed by atoms with Crippen LogP contribution in [0.3, 0.4) is 0 Å². The molecule has 1 saturated heterocycles. The van der Waals surface area contributed by atoms with Crippen LogP contribution >= 0.6 is 11.3 Å². The van der Waals surface area contributed by atoms with Crippen molar-refractivity contribution < 1.29 is 33.0 Å². The summed E-state index contributed by atoms with van der Waals surface area (Å²) in [7, 11) is 0. The first-order valence-electron chi connectivity index (χ1n) is 12.5. The maximum Gasteiger partial charge on any atom is 0.490 e. The molecule has 204 valence electrons. The molecular formula is C27H35F3N2O4S. The summed E-state index contributed by atoms with van der Waals surface area (Å²) in [6.07, 6.45) is 0.574. The van der Waals surface area contributed by atoms with Crippen molar-refractivity contribution in [1.82, 2.24) is 4.98 Å². The average molecular weight is 541 g/mol. The third kappa shape index (κ3) is 7.24. The van der Waals surface area contributed by atoms with Crippen LogP contribution < -0.4 is 4.90 Å². The molecule has 1 aromatic carbocycles. The molecule has 0 bridgehead atoms. The van der Waals surface area contributed by atoms with Crippen molar-refractivity contribution in [3.05, 3.63) is 34.7 Å². The molecule has 0 saturated carbocycles. The minimum Gasteiger partial charge on any atom is -0.481 e. The fraction of sp³-hybridized carbons (Fsp3) is 0.593. The normalized spacial score (nSPS) is 18.9. The third-order valence-electron chi connectivity index (χ3n) is 7.53. The lowest BCUT2D eigenvalue weighted by atomic mass is 9.63. The van der Waals surface area contributed by atoms with E-state index in [1.807, 2.05) is 0 Å². The number of fused-ring (bicyclic) bond motifs is 1. The van der Waals surface area contributed by atoms with E-state index in [-0.39, 0.29) is 17.3 Å². The molecule has 4 rings (SSSR count). The lowest BCUT2D eigenvalue weighted by Gasteiger charge is -2.42. The molecule has 6 nitrogen and oxygen atoms in total. The minimum atomic E-state index is -5.08. The Labute approximate surface area is 219 Å². The number of anilines is 1.